The van der Waals surface area contributed by atoms with Crippen LogP contribution in [-0.2, 0) is 0 Å². The first-order valence-electron chi connectivity index (χ1n) is 9.28. The van der Waals surface area contributed by atoms with Gasteiger partial charge in [-0.3, -0.25) is 0 Å². The lowest BCUT2D eigenvalue weighted by Crippen LogP contribution is -2.65. The minimum atomic E-state index is -0.696. The molecule has 0 spiro atoms. The van der Waals surface area contributed by atoms with Crippen molar-refractivity contribution in [3.8, 4) is 0 Å². The number of fused-ring (bicyclic) bond motifs is 3. The standard InChI is InChI=1S/C20H34O3/c1-5-18(4)9-6-15-19(13-21)10-8-16(22)17(2,3)14(19)7-11-20(15,23)12-18/h5,14-16,21-23H,1,6-13H2,2-4H3/t14-,15+,16-,18-,19+,20+/m0/s1. The Hall–Kier alpha value is -0.380. The minimum Gasteiger partial charge on any atom is -0.396 e. The summed E-state index contributed by atoms with van der Waals surface area (Å²) >= 11 is 0. The molecule has 0 aromatic carbocycles. The molecule has 3 aliphatic rings. The van der Waals surface area contributed by atoms with Gasteiger partial charge in [-0.25, -0.2) is 0 Å². The Morgan fingerprint density at radius 1 is 1.04 bits per heavy atom. The highest BCUT2D eigenvalue weighted by atomic mass is 16.3. The quantitative estimate of drug-likeness (QED) is 0.684. The van der Waals surface area contributed by atoms with E-state index in [0.29, 0.717) is 0 Å². The zero-order chi connectivity index (χ0) is 17.1. The molecule has 3 heteroatoms. The van der Waals surface area contributed by atoms with E-state index in [1.54, 1.807) is 0 Å². The Morgan fingerprint density at radius 2 is 1.70 bits per heavy atom. The van der Waals surface area contributed by atoms with E-state index in [4.69, 9.17) is 0 Å². The summed E-state index contributed by atoms with van der Waals surface area (Å²) in [6, 6.07) is 0. The second-order valence-electron chi connectivity index (χ2n) is 9.59. The summed E-state index contributed by atoms with van der Waals surface area (Å²) in [6.07, 6.45) is 7.67. The molecule has 0 radical (unpaired) electrons. The number of hydrogen-bond acceptors (Lipinski definition) is 3. The molecule has 3 nitrogen and oxygen atoms in total. The Balaban J connectivity index is 2.00. The lowest BCUT2D eigenvalue weighted by Gasteiger charge is -2.65. The largest absolute Gasteiger partial charge is 0.396 e. The van der Waals surface area contributed by atoms with Gasteiger partial charge in [0.25, 0.3) is 0 Å². The van der Waals surface area contributed by atoms with Gasteiger partial charge in [-0.15, -0.1) is 6.58 Å². The zero-order valence-electron chi connectivity index (χ0n) is 15.0. The predicted molar refractivity (Wildman–Crippen MR) is 91.9 cm³/mol. The predicted octanol–water partition coefficient (Wildman–Crippen LogP) is 3.28. The van der Waals surface area contributed by atoms with Crippen LogP contribution >= 0.6 is 0 Å². The highest BCUT2D eigenvalue weighted by molar-refractivity contribution is 5.16. The van der Waals surface area contributed by atoms with Crippen LogP contribution in [0.2, 0.25) is 0 Å². The van der Waals surface area contributed by atoms with E-state index < -0.39 is 5.60 Å². The Kier molecular flexibility index (Phi) is 4.02. The molecule has 3 N–H and O–H groups in total. The summed E-state index contributed by atoms with van der Waals surface area (Å²) in [6.45, 7) is 10.6. The molecule has 3 fully saturated rings. The van der Waals surface area contributed by atoms with E-state index in [2.05, 4.69) is 27.4 Å². The van der Waals surface area contributed by atoms with Crippen molar-refractivity contribution in [3.05, 3.63) is 12.7 Å². The molecule has 0 heterocycles. The van der Waals surface area contributed by atoms with Crippen LogP contribution in [0.1, 0.15) is 65.7 Å². The maximum atomic E-state index is 11.5. The van der Waals surface area contributed by atoms with E-state index in [9.17, 15) is 15.3 Å². The molecule has 0 aromatic heterocycles. The van der Waals surface area contributed by atoms with Crippen molar-refractivity contribution in [1.82, 2.24) is 0 Å². The molecular formula is C20H34O3. The van der Waals surface area contributed by atoms with Gasteiger partial charge in [-0.1, -0.05) is 26.8 Å². The van der Waals surface area contributed by atoms with E-state index >= 15 is 0 Å². The number of allylic oxidation sites excluding steroid dienone is 1. The average molecular weight is 322 g/mol. The van der Waals surface area contributed by atoms with Crippen LogP contribution in [0.15, 0.2) is 12.7 Å². The van der Waals surface area contributed by atoms with Crippen LogP contribution in [-0.4, -0.2) is 33.6 Å². The van der Waals surface area contributed by atoms with Crippen LogP contribution in [0.4, 0.5) is 0 Å². The summed E-state index contributed by atoms with van der Waals surface area (Å²) in [5.74, 6) is 0.417. The van der Waals surface area contributed by atoms with Gasteiger partial charge in [0.1, 0.15) is 0 Å². The van der Waals surface area contributed by atoms with Crippen LogP contribution < -0.4 is 0 Å². The van der Waals surface area contributed by atoms with E-state index in [1.165, 1.54) is 0 Å². The normalized spacial score (nSPS) is 52.3. The second-order valence-corrected chi connectivity index (χ2v) is 9.59. The summed E-state index contributed by atoms with van der Waals surface area (Å²) in [4.78, 5) is 0. The maximum Gasteiger partial charge on any atom is 0.0690 e. The lowest BCUT2D eigenvalue weighted by atomic mass is 9.41. The zero-order valence-corrected chi connectivity index (χ0v) is 15.0. The number of rotatable bonds is 2. The molecule has 6 atom stereocenters. The molecule has 132 valence electrons. The van der Waals surface area contributed by atoms with Gasteiger partial charge >= 0.3 is 0 Å². The number of hydrogen-bond donors (Lipinski definition) is 3. The van der Waals surface area contributed by atoms with Crippen molar-refractivity contribution in [2.24, 2.45) is 28.1 Å². The number of aliphatic hydroxyl groups excluding tert-OH is 2. The van der Waals surface area contributed by atoms with Crippen LogP contribution in [0.25, 0.3) is 0 Å². The Labute approximate surface area is 140 Å². The van der Waals surface area contributed by atoms with Crippen molar-refractivity contribution in [2.45, 2.75) is 77.4 Å². The third-order valence-electron chi connectivity index (χ3n) is 8.04. The second kappa shape index (κ2) is 5.31. The highest BCUT2D eigenvalue weighted by Crippen LogP contribution is 2.66. The molecular weight excluding hydrogens is 288 g/mol. The monoisotopic (exact) mass is 322 g/mol. The third kappa shape index (κ3) is 2.34. The van der Waals surface area contributed by atoms with Gasteiger partial charge in [0, 0.05) is 12.0 Å². The van der Waals surface area contributed by atoms with Gasteiger partial charge < -0.3 is 15.3 Å². The molecule has 0 aliphatic heterocycles. The molecule has 3 saturated carbocycles. The first-order valence-corrected chi connectivity index (χ1v) is 9.28. The first-order chi connectivity index (χ1) is 10.6. The molecule has 3 aliphatic carbocycles. The van der Waals surface area contributed by atoms with E-state index in [1.807, 2.05) is 6.08 Å². The summed E-state index contributed by atoms with van der Waals surface area (Å²) in [5.41, 5.74) is -1.13. The summed E-state index contributed by atoms with van der Waals surface area (Å²) < 4.78 is 0. The minimum absolute atomic E-state index is 0.00156. The van der Waals surface area contributed by atoms with Crippen molar-refractivity contribution < 1.29 is 15.3 Å². The van der Waals surface area contributed by atoms with Gasteiger partial charge in [0.2, 0.25) is 0 Å². The molecule has 0 amide bonds. The molecule has 0 unspecified atom stereocenters. The fourth-order valence-electron chi connectivity index (χ4n) is 6.61. The van der Waals surface area contributed by atoms with E-state index in [-0.39, 0.29) is 40.8 Å². The van der Waals surface area contributed by atoms with Gasteiger partial charge in [-0.05, 0) is 67.6 Å². The maximum absolute atomic E-state index is 11.5. The molecule has 3 rings (SSSR count). The van der Waals surface area contributed by atoms with Gasteiger partial charge in [0.05, 0.1) is 11.7 Å². The fraction of sp³-hybridized carbons (Fsp3) is 0.900. The average Bonchev–Trinajstić information content (AvgIpc) is 2.49. The van der Waals surface area contributed by atoms with E-state index in [0.717, 1.165) is 44.9 Å². The van der Waals surface area contributed by atoms with Crippen molar-refractivity contribution in [3.63, 3.8) is 0 Å². The van der Waals surface area contributed by atoms with Crippen molar-refractivity contribution >= 4 is 0 Å². The van der Waals surface area contributed by atoms with Crippen molar-refractivity contribution in [2.75, 3.05) is 6.61 Å². The first kappa shape index (κ1) is 17.4. The molecule has 0 bridgehead atoms. The molecule has 0 saturated heterocycles. The van der Waals surface area contributed by atoms with Crippen LogP contribution in [0.5, 0.6) is 0 Å². The third-order valence-corrected chi connectivity index (χ3v) is 8.04. The summed E-state index contributed by atoms with van der Waals surface area (Å²) in [5, 5.41) is 32.4. The van der Waals surface area contributed by atoms with Gasteiger partial charge in [-0.2, -0.15) is 0 Å². The Morgan fingerprint density at radius 3 is 2.30 bits per heavy atom. The van der Waals surface area contributed by atoms with Crippen LogP contribution in [0, 0.1) is 28.1 Å². The van der Waals surface area contributed by atoms with Crippen LogP contribution in [0.3, 0.4) is 0 Å². The smallest absolute Gasteiger partial charge is 0.0690 e. The highest BCUT2D eigenvalue weighted by Gasteiger charge is 2.64. The Bertz CT molecular complexity index is 487. The topological polar surface area (TPSA) is 60.7 Å². The SMILES string of the molecule is C=C[C@@]1(C)CC[C@H]2[C@@](O)(CC[C@H]3C(C)(C)[C@@H](O)CC[C@@]32CO)C1. The lowest BCUT2D eigenvalue weighted by molar-refractivity contribution is -0.238. The molecule has 23 heavy (non-hydrogen) atoms. The molecule has 0 aromatic rings. The number of aliphatic hydroxyl groups is 3. The van der Waals surface area contributed by atoms with Gasteiger partial charge in [0.15, 0.2) is 0 Å². The fourth-order valence-corrected chi connectivity index (χ4v) is 6.61. The van der Waals surface area contributed by atoms with Crippen molar-refractivity contribution in [1.29, 1.82) is 0 Å². The summed E-state index contributed by atoms with van der Waals surface area (Å²) in [7, 11) is 0.